The number of aromatic nitrogens is 1. The Bertz CT molecular complexity index is 1150. The number of rotatable bonds is 9. The highest BCUT2D eigenvalue weighted by atomic mass is 32.1. The summed E-state index contributed by atoms with van der Waals surface area (Å²) in [5, 5.41) is 6.73. The third kappa shape index (κ3) is 6.05. The van der Waals surface area contributed by atoms with Crippen LogP contribution in [0.1, 0.15) is 18.2 Å². The number of thiazole rings is 1. The van der Waals surface area contributed by atoms with Gasteiger partial charge in [-0.15, -0.1) is 11.3 Å². The molecule has 0 aliphatic rings. The van der Waals surface area contributed by atoms with Crippen molar-refractivity contribution in [2.45, 2.75) is 13.3 Å². The van der Waals surface area contributed by atoms with Gasteiger partial charge in [-0.1, -0.05) is 48.5 Å². The van der Waals surface area contributed by atoms with Gasteiger partial charge in [0, 0.05) is 22.4 Å². The average molecular weight is 457 g/mol. The van der Waals surface area contributed by atoms with Gasteiger partial charge in [-0.2, -0.15) is 5.10 Å². The van der Waals surface area contributed by atoms with E-state index in [1.54, 1.807) is 13.1 Å². The van der Waals surface area contributed by atoms with E-state index in [4.69, 9.17) is 4.74 Å². The lowest BCUT2D eigenvalue weighted by molar-refractivity contribution is -0.142. The second kappa shape index (κ2) is 11.1. The maximum Gasteiger partial charge on any atom is 0.311 e. The first-order valence-electron chi connectivity index (χ1n) is 10.6. The molecule has 0 amide bonds. The van der Waals surface area contributed by atoms with Crippen molar-refractivity contribution in [1.29, 1.82) is 0 Å². The molecule has 1 N–H and O–H groups in total. The van der Waals surface area contributed by atoms with E-state index in [2.05, 4.69) is 56.8 Å². The summed E-state index contributed by atoms with van der Waals surface area (Å²) in [5.74, 6) is -0.280. The Morgan fingerprint density at radius 3 is 2.18 bits per heavy atom. The summed E-state index contributed by atoms with van der Waals surface area (Å²) in [6.45, 7) is 2.15. The highest BCUT2D eigenvalue weighted by Crippen LogP contribution is 2.33. The van der Waals surface area contributed by atoms with Gasteiger partial charge in [0.2, 0.25) is 5.13 Å². The molecule has 0 saturated carbocycles. The number of carbonyl (C=O) groups excluding carboxylic acids is 1. The van der Waals surface area contributed by atoms with Crippen LogP contribution in [0.2, 0.25) is 0 Å². The Kier molecular flexibility index (Phi) is 7.45. The van der Waals surface area contributed by atoms with E-state index in [0.29, 0.717) is 17.4 Å². The van der Waals surface area contributed by atoms with Crippen LogP contribution in [-0.4, -0.2) is 23.8 Å². The van der Waals surface area contributed by atoms with Crippen LogP contribution in [0.5, 0.6) is 0 Å². The van der Waals surface area contributed by atoms with Gasteiger partial charge in [-0.3, -0.25) is 10.2 Å². The van der Waals surface area contributed by atoms with E-state index in [9.17, 15) is 4.79 Å². The normalized spacial score (nSPS) is 10.8. The number of carbonyl (C=O) groups is 1. The van der Waals surface area contributed by atoms with Crippen LogP contribution in [-0.2, 0) is 16.0 Å². The smallest absolute Gasteiger partial charge is 0.311 e. The van der Waals surface area contributed by atoms with Crippen molar-refractivity contribution in [2.75, 3.05) is 16.9 Å². The molecular weight excluding hydrogens is 432 g/mol. The fraction of sp³-hybridized carbons (Fsp3) is 0.115. The van der Waals surface area contributed by atoms with Crippen molar-refractivity contribution in [1.82, 2.24) is 4.98 Å². The van der Waals surface area contributed by atoms with Crippen LogP contribution in [0.15, 0.2) is 95.4 Å². The molecule has 0 aliphatic carbocycles. The van der Waals surface area contributed by atoms with E-state index in [1.807, 2.05) is 53.9 Å². The van der Waals surface area contributed by atoms with Crippen molar-refractivity contribution in [3.05, 3.63) is 102 Å². The molecule has 7 heteroatoms. The molecule has 0 saturated heterocycles. The summed E-state index contributed by atoms with van der Waals surface area (Å²) >= 11 is 1.40. The van der Waals surface area contributed by atoms with E-state index in [-0.39, 0.29) is 12.4 Å². The second-order valence-corrected chi connectivity index (χ2v) is 7.95. The molecule has 4 rings (SSSR count). The second-order valence-electron chi connectivity index (χ2n) is 7.09. The molecule has 6 nitrogen and oxygen atoms in total. The number of nitrogens with one attached hydrogen (secondary N) is 1. The van der Waals surface area contributed by atoms with Gasteiger partial charge in [0.1, 0.15) is 0 Å². The Hall–Kier alpha value is -3.97. The largest absolute Gasteiger partial charge is 0.466 e. The van der Waals surface area contributed by atoms with E-state index in [0.717, 1.165) is 22.6 Å². The third-order valence-electron chi connectivity index (χ3n) is 4.74. The third-order valence-corrected chi connectivity index (χ3v) is 5.53. The summed E-state index contributed by atoms with van der Waals surface area (Å²) in [5.41, 5.74) is 7.79. The zero-order valence-electron chi connectivity index (χ0n) is 18.2. The molecule has 0 spiro atoms. The van der Waals surface area contributed by atoms with E-state index >= 15 is 0 Å². The topological polar surface area (TPSA) is 66.8 Å². The van der Waals surface area contributed by atoms with Crippen LogP contribution < -0.4 is 10.3 Å². The van der Waals surface area contributed by atoms with Gasteiger partial charge in [0.05, 0.1) is 24.9 Å². The number of hydrazone groups is 1. The minimum atomic E-state index is -0.280. The zero-order valence-corrected chi connectivity index (χ0v) is 19.0. The maximum absolute atomic E-state index is 11.6. The van der Waals surface area contributed by atoms with Crippen LogP contribution in [0, 0.1) is 0 Å². The number of nitrogens with zero attached hydrogens (tertiary/aromatic N) is 3. The van der Waals surface area contributed by atoms with Crippen molar-refractivity contribution in [3.8, 4) is 0 Å². The Morgan fingerprint density at radius 2 is 1.58 bits per heavy atom. The zero-order chi connectivity index (χ0) is 22.9. The molecule has 0 unspecified atom stereocenters. The lowest BCUT2D eigenvalue weighted by Crippen LogP contribution is -2.09. The molecule has 166 valence electrons. The lowest BCUT2D eigenvalue weighted by atomic mass is 10.1. The molecule has 3 aromatic carbocycles. The fourth-order valence-corrected chi connectivity index (χ4v) is 3.93. The predicted molar refractivity (Wildman–Crippen MR) is 135 cm³/mol. The molecule has 0 atom stereocenters. The average Bonchev–Trinajstić information content (AvgIpc) is 3.29. The first-order valence-corrected chi connectivity index (χ1v) is 11.5. The molecule has 1 aromatic heterocycles. The Balaban J connectivity index is 1.44. The fourth-order valence-electron chi connectivity index (χ4n) is 3.27. The summed E-state index contributed by atoms with van der Waals surface area (Å²) in [6.07, 6.45) is 1.90. The number of hydrogen-bond acceptors (Lipinski definition) is 7. The summed E-state index contributed by atoms with van der Waals surface area (Å²) in [7, 11) is 0. The van der Waals surface area contributed by atoms with Crippen molar-refractivity contribution < 1.29 is 9.53 Å². The highest BCUT2D eigenvalue weighted by Gasteiger charge is 2.11. The number of benzene rings is 3. The molecule has 1 heterocycles. The van der Waals surface area contributed by atoms with Crippen molar-refractivity contribution in [3.63, 3.8) is 0 Å². The van der Waals surface area contributed by atoms with Gasteiger partial charge < -0.3 is 9.64 Å². The predicted octanol–water partition coefficient (Wildman–Crippen LogP) is 6.16. The Labute approximate surface area is 197 Å². The lowest BCUT2D eigenvalue weighted by Gasteiger charge is -2.25. The first-order chi connectivity index (χ1) is 16.2. The highest BCUT2D eigenvalue weighted by molar-refractivity contribution is 7.13. The van der Waals surface area contributed by atoms with Gasteiger partial charge >= 0.3 is 5.97 Å². The molecular formula is C26H24N4O2S. The number of anilines is 4. The minimum absolute atomic E-state index is 0.163. The van der Waals surface area contributed by atoms with E-state index < -0.39 is 0 Å². The number of para-hydroxylation sites is 2. The maximum atomic E-state index is 11.6. The molecule has 0 fully saturated rings. The van der Waals surface area contributed by atoms with Gasteiger partial charge in [-0.25, -0.2) is 4.98 Å². The SMILES string of the molecule is CCOC(=O)Cc1csc(NN=Cc2ccc(N(c3ccccc3)c3ccccc3)cc2)n1. The molecule has 0 bridgehead atoms. The summed E-state index contributed by atoms with van der Waals surface area (Å²) in [4.78, 5) is 18.1. The van der Waals surface area contributed by atoms with Crippen LogP contribution in [0.4, 0.5) is 22.2 Å². The molecule has 4 aromatic rings. The molecule has 0 aliphatic heterocycles. The standard InChI is InChI=1S/C26H24N4O2S/c1-2-32-25(31)17-21-19-33-26(28-21)29-27-18-20-13-15-24(16-14-20)30(22-9-5-3-6-10-22)23-11-7-4-8-12-23/h3-16,18-19H,2,17H2,1H3,(H,28,29). The van der Waals surface area contributed by atoms with Crippen molar-refractivity contribution in [2.24, 2.45) is 5.10 Å². The summed E-state index contributed by atoms with van der Waals surface area (Å²) in [6, 6.07) is 28.7. The minimum Gasteiger partial charge on any atom is -0.466 e. The van der Waals surface area contributed by atoms with Gasteiger partial charge in [0.15, 0.2) is 0 Å². The molecule has 33 heavy (non-hydrogen) atoms. The Morgan fingerprint density at radius 1 is 0.970 bits per heavy atom. The quantitative estimate of drug-likeness (QED) is 0.185. The first kappa shape index (κ1) is 22.2. The van der Waals surface area contributed by atoms with Crippen LogP contribution >= 0.6 is 11.3 Å². The van der Waals surface area contributed by atoms with Crippen molar-refractivity contribution >= 4 is 45.7 Å². The number of ether oxygens (including phenoxy) is 1. The monoisotopic (exact) mass is 456 g/mol. The molecule has 0 radical (unpaired) electrons. The number of esters is 1. The van der Waals surface area contributed by atoms with Crippen LogP contribution in [0.3, 0.4) is 0 Å². The number of hydrogen-bond donors (Lipinski definition) is 1. The van der Waals surface area contributed by atoms with Gasteiger partial charge in [-0.05, 0) is 48.9 Å². The van der Waals surface area contributed by atoms with E-state index in [1.165, 1.54) is 11.3 Å². The summed E-state index contributed by atoms with van der Waals surface area (Å²) < 4.78 is 4.95. The van der Waals surface area contributed by atoms with Gasteiger partial charge in [0.25, 0.3) is 0 Å². The van der Waals surface area contributed by atoms with Crippen LogP contribution in [0.25, 0.3) is 0 Å².